The molecule has 3 atom stereocenters. The zero-order valence-corrected chi connectivity index (χ0v) is 26.2. The highest BCUT2D eigenvalue weighted by atomic mass is 35.5. The molecule has 2 aliphatic rings. The largest absolute Gasteiger partial charge is 0.481 e. The minimum absolute atomic E-state index is 0.190. The van der Waals surface area contributed by atoms with Crippen LogP contribution in [0.1, 0.15) is 46.3 Å². The number of carboxylic acid groups (broad SMARTS) is 1. The number of carbonyl (C=O) groups is 2. The first kappa shape index (κ1) is 29.8. The first-order chi connectivity index (χ1) is 22.3. The molecule has 4 heterocycles. The van der Waals surface area contributed by atoms with Crippen LogP contribution in [0.5, 0.6) is 0 Å². The summed E-state index contributed by atoms with van der Waals surface area (Å²) in [5.74, 6) is -0.328. The van der Waals surface area contributed by atoms with E-state index in [1.54, 1.807) is 18.3 Å². The number of pyridine rings is 2. The number of likely N-dealkylation sites (tertiary alicyclic amines) is 1. The van der Waals surface area contributed by atoms with Crippen LogP contribution >= 0.6 is 11.6 Å². The van der Waals surface area contributed by atoms with E-state index in [9.17, 15) is 14.7 Å². The number of rotatable bonds is 8. The van der Waals surface area contributed by atoms with Gasteiger partial charge in [-0.25, -0.2) is 9.97 Å². The molecule has 2 N–H and O–H groups in total. The summed E-state index contributed by atoms with van der Waals surface area (Å²) in [5.41, 5.74) is 5.33. The molecule has 0 saturated carbocycles. The molecule has 5 aromatic rings. The Bertz CT molecular complexity index is 2070. The van der Waals surface area contributed by atoms with Gasteiger partial charge in [-0.2, -0.15) is 0 Å². The topological polar surface area (TPSA) is 121 Å². The smallest absolute Gasteiger partial charge is 0.307 e. The van der Waals surface area contributed by atoms with Gasteiger partial charge in [-0.05, 0) is 72.5 Å². The third-order valence-corrected chi connectivity index (χ3v) is 9.49. The Balaban J connectivity index is 1.31. The number of benzene rings is 2. The fourth-order valence-corrected chi connectivity index (χ4v) is 6.95. The summed E-state index contributed by atoms with van der Waals surface area (Å²) in [5, 5.41) is 14.3. The Morgan fingerprint density at radius 1 is 1.22 bits per heavy atom. The molecule has 10 heteroatoms. The second kappa shape index (κ2) is 11.8. The van der Waals surface area contributed by atoms with Gasteiger partial charge in [0.15, 0.2) is 11.4 Å². The number of fused-ring (bicyclic) bond motifs is 2. The van der Waals surface area contributed by atoms with Crippen molar-refractivity contribution in [1.82, 2.24) is 19.9 Å². The van der Waals surface area contributed by atoms with Crippen LogP contribution in [0.25, 0.3) is 27.6 Å². The molecule has 0 spiro atoms. The number of nitrogens with zero attached hydrogens (tertiary/aromatic N) is 4. The average Bonchev–Trinajstić information content (AvgIpc) is 3.71. The lowest BCUT2D eigenvalue weighted by atomic mass is 9.73. The molecule has 0 amide bonds. The van der Waals surface area contributed by atoms with Gasteiger partial charge in [0.1, 0.15) is 22.9 Å². The van der Waals surface area contributed by atoms with Gasteiger partial charge < -0.3 is 14.8 Å². The minimum Gasteiger partial charge on any atom is -0.481 e. The molecule has 0 bridgehead atoms. The Hall–Kier alpha value is -4.86. The highest BCUT2D eigenvalue weighted by Gasteiger charge is 2.45. The van der Waals surface area contributed by atoms with Crippen LogP contribution in [0, 0.1) is 18.8 Å². The molecule has 7 rings (SSSR count). The van der Waals surface area contributed by atoms with Crippen LogP contribution in [0.3, 0.4) is 0 Å². The van der Waals surface area contributed by atoms with Crippen molar-refractivity contribution in [3.63, 3.8) is 0 Å². The molecule has 1 aliphatic heterocycles. The lowest BCUT2D eigenvalue weighted by Crippen LogP contribution is -2.42. The van der Waals surface area contributed by atoms with Gasteiger partial charge in [-0.1, -0.05) is 54.9 Å². The van der Waals surface area contributed by atoms with E-state index in [2.05, 4.69) is 48.3 Å². The molecular weight excluding hydrogens is 602 g/mol. The number of aldehydes is 1. The van der Waals surface area contributed by atoms with Crippen LogP contribution in [0.2, 0.25) is 5.02 Å². The van der Waals surface area contributed by atoms with E-state index in [0.29, 0.717) is 58.4 Å². The zero-order valence-electron chi connectivity index (χ0n) is 25.4. The molecule has 232 valence electrons. The van der Waals surface area contributed by atoms with E-state index < -0.39 is 11.5 Å². The van der Waals surface area contributed by atoms with Crippen molar-refractivity contribution in [3.05, 3.63) is 112 Å². The van der Waals surface area contributed by atoms with E-state index in [1.807, 2.05) is 36.5 Å². The molecule has 3 aromatic heterocycles. The lowest BCUT2D eigenvalue weighted by molar-refractivity contribution is -0.141. The SMILES string of the molecule is Cc1ccccc1C1=CC=CC(Nc2nccc3cc(CN4CC[C@@H](C(=O)O)C4)cnc23)(c2nc3cc(C=O)cc(Cl)c3o2)C1C. The Morgan fingerprint density at radius 3 is 2.85 bits per heavy atom. The number of carbonyl (C=O) groups excluding carboxylic acids is 1. The minimum atomic E-state index is -1.00. The molecule has 1 saturated heterocycles. The molecular formula is C36H32ClN5O4. The van der Waals surface area contributed by atoms with Gasteiger partial charge in [-0.15, -0.1) is 0 Å². The number of hydrogen-bond acceptors (Lipinski definition) is 8. The number of allylic oxidation sites excluding steroid dienone is 2. The summed E-state index contributed by atoms with van der Waals surface area (Å²) in [6, 6.07) is 15.5. The van der Waals surface area contributed by atoms with Crippen molar-refractivity contribution in [1.29, 1.82) is 0 Å². The molecule has 2 aromatic carbocycles. The number of anilines is 1. The van der Waals surface area contributed by atoms with Crippen molar-refractivity contribution < 1.29 is 19.1 Å². The van der Waals surface area contributed by atoms with Crippen LogP contribution in [0.15, 0.2) is 83.6 Å². The number of halogens is 1. The fourth-order valence-electron chi connectivity index (χ4n) is 6.69. The monoisotopic (exact) mass is 633 g/mol. The number of aliphatic carboxylic acids is 1. The number of hydrogen-bond donors (Lipinski definition) is 2. The van der Waals surface area contributed by atoms with E-state index in [0.717, 1.165) is 40.5 Å². The summed E-state index contributed by atoms with van der Waals surface area (Å²) in [4.78, 5) is 39.7. The molecule has 46 heavy (non-hydrogen) atoms. The second-order valence-electron chi connectivity index (χ2n) is 12.1. The summed E-state index contributed by atoms with van der Waals surface area (Å²) in [6.07, 6.45) is 11.1. The molecule has 1 aliphatic carbocycles. The predicted molar refractivity (Wildman–Crippen MR) is 178 cm³/mol. The fraction of sp³-hybridized carbons (Fsp3) is 0.250. The number of nitrogens with one attached hydrogen (secondary N) is 1. The number of carboxylic acids is 1. The van der Waals surface area contributed by atoms with E-state index in [4.69, 9.17) is 31.0 Å². The van der Waals surface area contributed by atoms with Crippen LogP contribution in [0.4, 0.5) is 5.82 Å². The van der Waals surface area contributed by atoms with Gasteiger partial charge in [-0.3, -0.25) is 19.5 Å². The van der Waals surface area contributed by atoms with E-state index >= 15 is 0 Å². The Kier molecular flexibility index (Phi) is 7.66. The highest BCUT2D eigenvalue weighted by Crippen LogP contribution is 2.46. The summed E-state index contributed by atoms with van der Waals surface area (Å²) >= 11 is 6.56. The van der Waals surface area contributed by atoms with Crippen LogP contribution in [-0.2, 0) is 16.9 Å². The predicted octanol–water partition coefficient (Wildman–Crippen LogP) is 7.05. The number of oxazole rings is 1. The molecule has 1 fully saturated rings. The first-order valence-electron chi connectivity index (χ1n) is 15.2. The Labute approximate surface area is 270 Å². The standard InChI is InChI=1S/C36H32ClN5O4/c1-21-6-3-4-7-27(21)28-8-5-11-36(22(28)2,35-40-30-16-23(20-43)15-29(37)32(30)46-35)41-33-31-25(9-12-38-33)14-24(17-39-31)18-42-13-10-26(19-42)34(44)45/h3-9,11-12,14-17,20,22,26H,10,13,18-19H2,1-2H3,(H,38,41)(H,44,45)/t22?,26-,36?/m1/s1. The maximum Gasteiger partial charge on any atom is 0.307 e. The van der Waals surface area contributed by atoms with E-state index in [-0.39, 0.29) is 11.8 Å². The van der Waals surface area contributed by atoms with Crippen molar-refractivity contribution in [2.24, 2.45) is 11.8 Å². The quantitative estimate of drug-likeness (QED) is 0.173. The third kappa shape index (κ3) is 5.25. The highest BCUT2D eigenvalue weighted by molar-refractivity contribution is 6.35. The first-order valence-corrected chi connectivity index (χ1v) is 15.6. The summed E-state index contributed by atoms with van der Waals surface area (Å²) < 4.78 is 6.43. The van der Waals surface area contributed by atoms with Crippen LogP contribution in [-0.4, -0.2) is 50.3 Å². The van der Waals surface area contributed by atoms with Gasteiger partial charge >= 0.3 is 5.97 Å². The Morgan fingerprint density at radius 2 is 2.07 bits per heavy atom. The van der Waals surface area contributed by atoms with Crippen molar-refractivity contribution in [2.75, 3.05) is 18.4 Å². The van der Waals surface area contributed by atoms with Gasteiger partial charge in [0, 0.05) is 42.4 Å². The zero-order chi connectivity index (χ0) is 32.0. The van der Waals surface area contributed by atoms with Crippen molar-refractivity contribution >= 4 is 57.3 Å². The average molecular weight is 634 g/mol. The molecule has 9 nitrogen and oxygen atoms in total. The molecule has 0 radical (unpaired) electrons. The maximum atomic E-state index is 11.6. The maximum absolute atomic E-state index is 11.6. The van der Waals surface area contributed by atoms with Gasteiger partial charge in [0.2, 0.25) is 5.89 Å². The lowest BCUT2D eigenvalue weighted by Gasteiger charge is -2.39. The number of aromatic nitrogens is 3. The number of aryl methyl sites for hydroxylation is 1. The van der Waals surface area contributed by atoms with Crippen LogP contribution < -0.4 is 5.32 Å². The second-order valence-corrected chi connectivity index (χ2v) is 12.5. The normalized spacial score (nSPS) is 21.5. The van der Waals surface area contributed by atoms with E-state index in [1.165, 1.54) is 0 Å². The van der Waals surface area contributed by atoms with Crippen molar-refractivity contribution in [2.45, 2.75) is 32.4 Å². The van der Waals surface area contributed by atoms with Gasteiger partial charge in [0.05, 0.1) is 10.9 Å². The molecule has 2 unspecified atom stereocenters. The third-order valence-electron chi connectivity index (χ3n) is 9.21. The summed E-state index contributed by atoms with van der Waals surface area (Å²) in [6.45, 7) is 6.11. The van der Waals surface area contributed by atoms with Crippen molar-refractivity contribution in [3.8, 4) is 0 Å². The summed E-state index contributed by atoms with van der Waals surface area (Å²) in [7, 11) is 0. The van der Waals surface area contributed by atoms with Gasteiger partial charge in [0.25, 0.3) is 0 Å².